The Bertz CT molecular complexity index is 1340. The van der Waals surface area contributed by atoms with Gasteiger partial charge in [0.15, 0.2) is 10.8 Å². The van der Waals surface area contributed by atoms with Crippen LogP contribution in [0.2, 0.25) is 0 Å². The van der Waals surface area contributed by atoms with Crippen molar-refractivity contribution in [3.8, 4) is 5.69 Å². The summed E-state index contributed by atoms with van der Waals surface area (Å²) < 4.78 is 1.65. The molecular formula is C23H21N5O2S. The number of benzene rings is 2. The lowest BCUT2D eigenvalue weighted by Gasteiger charge is -2.22. The number of fused-ring (bicyclic) bond motifs is 2. The van der Waals surface area contributed by atoms with Crippen LogP contribution in [0.4, 0.5) is 5.69 Å². The molecular weight excluding hydrogens is 410 g/mol. The predicted molar refractivity (Wildman–Crippen MR) is 122 cm³/mol. The second-order valence-electron chi connectivity index (χ2n) is 7.73. The molecule has 0 spiro atoms. The van der Waals surface area contributed by atoms with Gasteiger partial charge in [0.25, 0.3) is 5.56 Å². The van der Waals surface area contributed by atoms with Gasteiger partial charge in [-0.2, -0.15) is 5.10 Å². The maximum atomic E-state index is 13.0. The molecule has 0 fully saturated rings. The molecule has 1 amide bonds. The average Bonchev–Trinajstić information content (AvgIpc) is 3.33. The number of anilines is 1. The molecule has 2 aromatic heterocycles. The second-order valence-corrected chi connectivity index (χ2v) is 8.70. The van der Waals surface area contributed by atoms with Crippen LogP contribution in [0.25, 0.3) is 16.7 Å². The van der Waals surface area contributed by atoms with Crippen molar-refractivity contribution < 1.29 is 4.79 Å². The van der Waals surface area contributed by atoms with E-state index in [1.165, 1.54) is 23.5 Å². The molecule has 0 saturated heterocycles. The third-order valence-corrected chi connectivity index (χ3v) is 6.36. The summed E-state index contributed by atoms with van der Waals surface area (Å²) in [5.41, 5.74) is 4.32. The lowest BCUT2D eigenvalue weighted by atomic mass is 10.1. The van der Waals surface area contributed by atoms with Crippen LogP contribution >= 0.6 is 11.8 Å². The standard InChI is InChI=1S/C23H21N5O2S/c1-14-7-9-17(10-8-14)28-21-18(12-24-28)22(30)26-23(25-21)31-13-20(29)27-15(2)11-16-5-3-4-6-19(16)27/h3-10,12,15H,11,13H2,1-2H3,(H,25,26,30)/t15-/m1/s1. The SMILES string of the molecule is Cc1ccc(-n2ncc3c(=O)[nH]c(SCC(=O)N4c5ccccc5C[C@H]4C)nc32)cc1. The highest BCUT2D eigenvalue weighted by molar-refractivity contribution is 7.99. The predicted octanol–water partition coefficient (Wildman–Crippen LogP) is 3.49. The number of hydrogen-bond donors (Lipinski definition) is 1. The van der Waals surface area contributed by atoms with Crippen molar-refractivity contribution in [2.24, 2.45) is 0 Å². The average molecular weight is 432 g/mol. The molecule has 4 aromatic rings. The molecule has 0 radical (unpaired) electrons. The van der Waals surface area contributed by atoms with Gasteiger partial charge >= 0.3 is 0 Å². The number of aromatic nitrogens is 4. The molecule has 1 N–H and O–H groups in total. The van der Waals surface area contributed by atoms with Gasteiger partial charge in [-0.25, -0.2) is 9.67 Å². The first-order chi connectivity index (χ1) is 15.0. The molecule has 2 aromatic carbocycles. The van der Waals surface area contributed by atoms with E-state index in [-0.39, 0.29) is 23.3 Å². The van der Waals surface area contributed by atoms with E-state index in [9.17, 15) is 9.59 Å². The molecule has 7 nitrogen and oxygen atoms in total. The van der Waals surface area contributed by atoms with Gasteiger partial charge < -0.3 is 9.88 Å². The first kappa shape index (κ1) is 19.6. The molecule has 31 heavy (non-hydrogen) atoms. The van der Waals surface area contributed by atoms with Crippen molar-refractivity contribution in [2.45, 2.75) is 31.5 Å². The van der Waals surface area contributed by atoms with Gasteiger partial charge in [0.05, 0.1) is 17.6 Å². The number of carbonyl (C=O) groups excluding carboxylic acids is 1. The highest BCUT2D eigenvalue weighted by Gasteiger charge is 2.30. The minimum atomic E-state index is -0.266. The molecule has 1 aliphatic rings. The number of carbonyl (C=O) groups is 1. The minimum Gasteiger partial charge on any atom is -0.308 e. The molecule has 0 aliphatic carbocycles. The molecule has 156 valence electrons. The normalized spacial score (nSPS) is 15.4. The van der Waals surface area contributed by atoms with E-state index in [0.717, 1.165) is 23.4 Å². The first-order valence-corrected chi connectivity index (χ1v) is 11.1. The van der Waals surface area contributed by atoms with E-state index >= 15 is 0 Å². The summed E-state index contributed by atoms with van der Waals surface area (Å²) >= 11 is 1.23. The molecule has 8 heteroatoms. The highest BCUT2D eigenvalue weighted by Crippen LogP contribution is 2.32. The molecule has 0 unspecified atom stereocenters. The minimum absolute atomic E-state index is 0.00256. The van der Waals surface area contributed by atoms with E-state index in [4.69, 9.17) is 0 Å². The molecule has 5 rings (SSSR count). The Kier molecular flexibility index (Phi) is 4.86. The maximum absolute atomic E-state index is 13.0. The van der Waals surface area contributed by atoms with Crippen molar-refractivity contribution in [2.75, 3.05) is 10.7 Å². The van der Waals surface area contributed by atoms with Crippen molar-refractivity contribution in [1.82, 2.24) is 19.7 Å². The largest absolute Gasteiger partial charge is 0.308 e. The summed E-state index contributed by atoms with van der Waals surface area (Å²) in [6.07, 6.45) is 2.37. The number of thioether (sulfide) groups is 1. The summed E-state index contributed by atoms with van der Waals surface area (Å²) in [6.45, 7) is 4.06. The fraction of sp³-hybridized carbons (Fsp3) is 0.217. The quantitative estimate of drug-likeness (QED) is 0.395. The summed E-state index contributed by atoms with van der Waals surface area (Å²) in [7, 11) is 0. The summed E-state index contributed by atoms with van der Waals surface area (Å²) in [5.74, 6) is 0.184. The number of aromatic amines is 1. The van der Waals surface area contributed by atoms with E-state index in [1.807, 2.05) is 54.3 Å². The van der Waals surface area contributed by atoms with E-state index in [1.54, 1.807) is 4.68 Å². The third-order valence-electron chi connectivity index (χ3n) is 5.50. The van der Waals surface area contributed by atoms with Gasteiger partial charge in [0, 0.05) is 11.7 Å². The van der Waals surface area contributed by atoms with Crippen LogP contribution < -0.4 is 10.5 Å². The number of rotatable bonds is 4. The monoisotopic (exact) mass is 431 g/mol. The van der Waals surface area contributed by atoms with Crippen molar-refractivity contribution in [1.29, 1.82) is 0 Å². The number of aryl methyl sites for hydroxylation is 1. The van der Waals surface area contributed by atoms with Crippen LogP contribution in [0.3, 0.4) is 0 Å². The Balaban J connectivity index is 1.41. The van der Waals surface area contributed by atoms with Gasteiger partial charge in [0.2, 0.25) is 5.91 Å². The molecule has 3 heterocycles. The van der Waals surface area contributed by atoms with Gasteiger partial charge in [-0.1, -0.05) is 47.7 Å². The number of nitrogens with zero attached hydrogens (tertiary/aromatic N) is 4. The Morgan fingerprint density at radius 2 is 1.97 bits per heavy atom. The van der Waals surface area contributed by atoms with Crippen molar-refractivity contribution >= 4 is 34.4 Å². The zero-order chi connectivity index (χ0) is 21.5. The number of nitrogens with one attached hydrogen (secondary N) is 1. The van der Waals surface area contributed by atoms with Crippen LogP contribution in [0.1, 0.15) is 18.1 Å². The second kappa shape index (κ2) is 7.70. The van der Waals surface area contributed by atoms with Crippen LogP contribution in [0.15, 0.2) is 64.7 Å². The number of amides is 1. The Hall–Kier alpha value is -3.39. The Morgan fingerprint density at radius 3 is 2.77 bits per heavy atom. The Morgan fingerprint density at radius 1 is 1.19 bits per heavy atom. The highest BCUT2D eigenvalue weighted by atomic mass is 32.2. The summed E-state index contributed by atoms with van der Waals surface area (Å²) in [4.78, 5) is 34.7. The fourth-order valence-electron chi connectivity index (χ4n) is 3.99. The Labute approximate surface area is 183 Å². The lowest BCUT2D eigenvalue weighted by Crippen LogP contribution is -2.37. The van der Waals surface area contributed by atoms with Gasteiger partial charge in [0.1, 0.15) is 5.39 Å². The third kappa shape index (κ3) is 3.53. The fourth-order valence-corrected chi connectivity index (χ4v) is 4.70. The van der Waals surface area contributed by atoms with Crippen molar-refractivity contribution in [3.05, 3.63) is 76.2 Å². The maximum Gasteiger partial charge on any atom is 0.262 e. The van der Waals surface area contributed by atoms with Crippen LogP contribution in [0, 0.1) is 6.92 Å². The first-order valence-electron chi connectivity index (χ1n) is 10.1. The van der Waals surface area contributed by atoms with E-state index in [2.05, 4.69) is 28.1 Å². The topological polar surface area (TPSA) is 83.9 Å². The van der Waals surface area contributed by atoms with E-state index < -0.39 is 0 Å². The zero-order valence-electron chi connectivity index (χ0n) is 17.2. The summed E-state index contributed by atoms with van der Waals surface area (Å²) in [5, 5.41) is 5.16. The smallest absolute Gasteiger partial charge is 0.262 e. The molecule has 0 saturated carbocycles. The molecule has 1 atom stereocenters. The van der Waals surface area contributed by atoms with Gasteiger partial charge in [-0.15, -0.1) is 0 Å². The molecule has 1 aliphatic heterocycles. The lowest BCUT2D eigenvalue weighted by molar-refractivity contribution is -0.116. The number of para-hydroxylation sites is 1. The number of H-pyrrole nitrogens is 1. The van der Waals surface area contributed by atoms with Crippen LogP contribution in [0.5, 0.6) is 0 Å². The van der Waals surface area contributed by atoms with Gasteiger partial charge in [-0.3, -0.25) is 9.59 Å². The summed E-state index contributed by atoms with van der Waals surface area (Å²) in [6, 6.07) is 15.9. The van der Waals surface area contributed by atoms with E-state index in [0.29, 0.717) is 16.2 Å². The van der Waals surface area contributed by atoms with Crippen LogP contribution in [-0.4, -0.2) is 37.5 Å². The number of hydrogen-bond acceptors (Lipinski definition) is 5. The van der Waals surface area contributed by atoms with Gasteiger partial charge in [-0.05, 0) is 44.0 Å². The zero-order valence-corrected chi connectivity index (χ0v) is 18.0. The van der Waals surface area contributed by atoms with Crippen LogP contribution in [-0.2, 0) is 11.2 Å². The molecule has 0 bridgehead atoms. The van der Waals surface area contributed by atoms with Crippen molar-refractivity contribution in [3.63, 3.8) is 0 Å².